The van der Waals surface area contributed by atoms with Crippen LogP contribution < -0.4 is 5.32 Å². The predicted molar refractivity (Wildman–Crippen MR) is 80.7 cm³/mol. The van der Waals surface area contributed by atoms with E-state index in [1.54, 1.807) is 18.7 Å². The minimum Gasteiger partial charge on any atom is -0.480 e. The van der Waals surface area contributed by atoms with E-state index in [0.717, 1.165) is 12.8 Å². The van der Waals surface area contributed by atoms with Gasteiger partial charge in [-0.15, -0.1) is 0 Å². The van der Waals surface area contributed by atoms with E-state index < -0.39 is 12.0 Å². The van der Waals surface area contributed by atoms with Gasteiger partial charge in [-0.2, -0.15) is 0 Å². The quantitative estimate of drug-likeness (QED) is 0.720. The van der Waals surface area contributed by atoms with Crippen LogP contribution in [0.4, 0.5) is 4.79 Å². The number of carboxylic acids is 1. The molecule has 0 bridgehead atoms. The van der Waals surface area contributed by atoms with Crippen molar-refractivity contribution in [2.24, 2.45) is 11.8 Å². The molecule has 1 atom stereocenters. The number of nitrogens with one attached hydrogen (secondary N) is 1. The number of carbonyl (C=O) groups is 2. The van der Waals surface area contributed by atoms with Crippen LogP contribution in [0, 0.1) is 11.8 Å². The summed E-state index contributed by atoms with van der Waals surface area (Å²) in [7, 11) is 0. The first-order valence-corrected chi connectivity index (χ1v) is 7.54. The molecule has 0 saturated carbocycles. The van der Waals surface area contributed by atoms with E-state index in [0.29, 0.717) is 12.5 Å². The first-order valence-electron chi connectivity index (χ1n) is 7.54. The lowest BCUT2D eigenvalue weighted by Gasteiger charge is -2.33. The Bertz CT molecular complexity index is 312. The number of urea groups is 1. The van der Waals surface area contributed by atoms with Crippen LogP contribution in [0.15, 0.2) is 0 Å². The van der Waals surface area contributed by atoms with Gasteiger partial charge in [0.05, 0.1) is 0 Å². The second-order valence-corrected chi connectivity index (χ2v) is 6.03. The maximum atomic E-state index is 12.4. The van der Waals surface area contributed by atoms with E-state index in [2.05, 4.69) is 19.2 Å². The lowest BCUT2D eigenvalue weighted by Crippen LogP contribution is -2.53. The fourth-order valence-corrected chi connectivity index (χ4v) is 2.25. The summed E-state index contributed by atoms with van der Waals surface area (Å²) in [6.45, 7) is 12.4. The molecule has 0 saturated heterocycles. The summed E-state index contributed by atoms with van der Waals surface area (Å²) in [5, 5.41) is 11.8. The van der Waals surface area contributed by atoms with Crippen LogP contribution >= 0.6 is 0 Å². The van der Waals surface area contributed by atoms with Crippen molar-refractivity contribution in [1.82, 2.24) is 10.2 Å². The molecule has 20 heavy (non-hydrogen) atoms. The highest BCUT2D eigenvalue weighted by molar-refractivity contribution is 5.82. The third-order valence-electron chi connectivity index (χ3n) is 3.42. The average molecular weight is 286 g/mol. The number of hydrogen-bond donors (Lipinski definition) is 2. The molecule has 118 valence electrons. The van der Waals surface area contributed by atoms with Gasteiger partial charge in [-0.25, -0.2) is 9.59 Å². The van der Waals surface area contributed by atoms with Crippen LogP contribution in [0.5, 0.6) is 0 Å². The highest BCUT2D eigenvalue weighted by Crippen LogP contribution is 2.13. The summed E-state index contributed by atoms with van der Waals surface area (Å²) >= 11 is 0. The van der Waals surface area contributed by atoms with E-state index in [-0.39, 0.29) is 18.0 Å². The van der Waals surface area contributed by atoms with E-state index in [1.165, 1.54) is 0 Å². The van der Waals surface area contributed by atoms with Crippen molar-refractivity contribution in [3.05, 3.63) is 0 Å². The summed E-state index contributed by atoms with van der Waals surface area (Å²) in [5.41, 5.74) is 0. The van der Waals surface area contributed by atoms with Crippen molar-refractivity contribution >= 4 is 12.0 Å². The molecule has 0 aliphatic heterocycles. The molecule has 0 aromatic heterocycles. The summed E-state index contributed by atoms with van der Waals surface area (Å²) < 4.78 is 0. The highest BCUT2D eigenvalue weighted by Gasteiger charge is 2.28. The lowest BCUT2D eigenvalue weighted by molar-refractivity contribution is -0.140. The van der Waals surface area contributed by atoms with Gasteiger partial charge in [-0.05, 0) is 24.7 Å². The molecule has 2 N–H and O–H groups in total. The summed E-state index contributed by atoms with van der Waals surface area (Å²) in [6, 6.07) is -0.959. The second-order valence-electron chi connectivity index (χ2n) is 6.03. The van der Waals surface area contributed by atoms with Crippen molar-refractivity contribution in [1.29, 1.82) is 0 Å². The van der Waals surface area contributed by atoms with Crippen LogP contribution in [0.3, 0.4) is 0 Å². The van der Waals surface area contributed by atoms with Crippen LogP contribution in [-0.4, -0.2) is 40.6 Å². The van der Waals surface area contributed by atoms with Crippen LogP contribution in [0.2, 0.25) is 0 Å². The molecular weight excluding hydrogens is 256 g/mol. The van der Waals surface area contributed by atoms with Gasteiger partial charge in [-0.1, -0.05) is 41.5 Å². The SMILES string of the molecule is CCC(CC)N(CC(C)C)C(=O)N[C@H](C(=O)O)C(C)C. The Hall–Kier alpha value is -1.26. The molecule has 2 amide bonds. The van der Waals surface area contributed by atoms with Crippen molar-refractivity contribution in [3.63, 3.8) is 0 Å². The number of hydrogen-bond acceptors (Lipinski definition) is 2. The van der Waals surface area contributed by atoms with Gasteiger partial charge >= 0.3 is 12.0 Å². The van der Waals surface area contributed by atoms with Gasteiger partial charge < -0.3 is 15.3 Å². The Morgan fingerprint density at radius 3 is 1.90 bits per heavy atom. The number of amides is 2. The minimum atomic E-state index is -0.984. The number of rotatable bonds is 8. The Kier molecular flexibility index (Phi) is 8.26. The van der Waals surface area contributed by atoms with E-state index in [1.807, 2.05) is 13.8 Å². The molecular formula is C15H30N2O3. The standard InChI is InChI=1S/C15H30N2O3/c1-7-12(8-2)17(9-10(3)4)15(20)16-13(11(5)6)14(18)19/h10-13H,7-9H2,1-6H3,(H,16,20)(H,18,19)/t13-/m0/s1. The molecule has 0 rings (SSSR count). The summed E-state index contributed by atoms with van der Waals surface area (Å²) in [4.78, 5) is 25.4. The molecule has 0 aromatic rings. The first kappa shape index (κ1) is 18.7. The van der Waals surface area contributed by atoms with Gasteiger partial charge in [0.1, 0.15) is 6.04 Å². The number of carboxylic acid groups (broad SMARTS) is 1. The molecule has 0 spiro atoms. The Morgan fingerprint density at radius 2 is 1.60 bits per heavy atom. The molecule has 0 unspecified atom stereocenters. The molecule has 0 aliphatic carbocycles. The first-order chi connectivity index (χ1) is 9.24. The Balaban J connectivity index is 4.98. The van der Waals surface area contributed by atoms with Crippen molar-refractivity contribution in [3.8, 4) is 0 Å². The molecule has 0 radical (unpaired) electrons. The normalized spacial score (nSPS) is 12.8. The smallest absolute Gasteiger partial charge is 0.326 e. The summed E-state index contributed by atoms with van der Waals surface area (Å²) in [6.07, 6.45) is 1.74. The predicted octanol–water partition coefficient (Wildman–Crippen LogP) is 2.95. The minimum absolute atomic E-state index is 0.140. The highest BCUT2D eigenvalue weighted by atomic mass is 16.4. The Labute approximate surface area is 122 Å². The maximum absolute atomic E-state index is 12.4. The van der Waals surface area contributed by atoms with Gasteiger partial charge in [0.2, 0.25) is 0 Å². The maximum Gasteiger partial charge on any atom is 0.326 e. The largest absolute Gasteiger partial charge is 0.480 e. The van der Waals surface area contributed by atoms with E-state index >= 15 is 0 Å². The molecule has 5 nitrogen and oxygen atoms in total. The van der Waals surface area contributed by atoms with E-state index in [9.17, 15) is 14.7 Å². The average Bonchev–Trinajstić information content (AvgIpc) is 2.34. The third kappa shape index (κ3) is 5.80. The van der Waals surface area contributed by atoms with Gasteiger partial charge in [0, 0.05) is 12.6 Å². The van der Waals surface area contributed by atoms with Crippen molar-refractivity contribution < 1.29 is 14.7 Å². The zero-order valence-electron chi connectivity index (χ0n) is 13.6. The fourth-order valence-electron chi connectivity index (χ4n) is 2.25. The van der Waals surface area contributed by atoms with Gasteiger partial charge in [0.15, 0.2) is 0 Å². The van der Waals surface area contributed by atoms with Crippen molar-refractivity contribution in [2.75, 3.05) is 6.54 Å². The topological polar surface area (TPSA) is 69.6 Å². The summed E-state index contributed by atoms with van der Waals surface area (Å²) in [5.74, 6) is -0.773. The zero-order valence-corrected chi connectivity index (χ0v) is 13.6. The number of aliphatic carboxylic acids is 1. The van der Waals surface area contributed by atoms with Gasteiger partial charge in [-0.3, -0.25) is 0 Å². The second kappa shape index (κ2) is 8.82. The van der Waals surface area contributed by atoms with Crippen LogP contribution in [-0.2, 0) is 4.79 Å². The number of nitrogens with zero attached hydrogens (tertiary/aromatic N) is 1. The van der Waals surface area contributed by atoms with Gasteiger partial charge in [0.25, 0.3) is 0 Å². The molecule has 0 aliphatic rings. The zero-order chi connectivity index (χ0) is 15.9. The monoisotopic (exact) mass is 286 g/mol. The van der Waals surface area contributed by atoms with Crippen LogP contribution in [0.1, 0.15) is 54.4 Å². The fraction of sp³-hybridized carbons (Fsp3) is 0.867. The lowest BCUT2D eigenvalue weighted by atomic mass is 10.0. The third-order valence-corrected chi connectivity index (χ3v) is 3.42. The number of carbonyl (C=O) groups excluding carboxylic acids is 1. The van der Waals surface area contributed by atoms with Crippen LogP contribution in [0.25, 0.3) is 0 Å². The van der Waals surface area contributed by atoms with Crippen molar-refractivity contribution in [2.45, 2.75) is 66.5 Å². The Morgan fingerprint density at radius 1 is 1.10 bits per heavy atom. The van der Waals surface area contributed by atoms with E-state index in [4.69, 9.17) is 0 Å². The molecule has 0 aromatic carbocycles. The molecule has 0 fully saturated rings. The molecule has 0 heterocycles. The molecule has 5 heteroatoms.